The van der Waals surface area contributed by atoms with Gasteiger partial charge in [0.1, 0.15) is 5.01 Å². The second-order valence-electron chi connectivity index (χ2n) is 8.94. The van der Waals surface area contributed by atoms with Gasteiger partial charge in [0.15, 0.2) is 0 Å². The Morgan fingerprint density at radius 1 is 1.00 bits per heavy atom. The predicted molar refractivity (Wildman–Crippen MR) is 136 cm³/mol. The molecule has 0 bridgehead atoms. The van der Waals surface area contributed by atoms with Crippen LogP contribution in [-0.2, 0) is 14.4 Å². The number of hydrogen-bond acceptors (Lipinski definition) is 6. The number of amides is 3. The maximum atomic E-state index is 12.9. The Balaban J connectivity index is 1.23. The van der Waals surface area contributed by atoms with Crippen LogP contribution in [0.5, 0.6) is 0 Å². The Labute approximate surface area is 211 Å². The summed E-state index contributed by atoms with van der Waals surface area (Å²) in [7, 11) is 0. The Morgan fingerprint density at radius 3 is 2.51 bits per heavy atom. The molecule has 5 rings (SSSR count). The molecule has 2 aliphatic heterocycles. The summed E-state index contributed by atoms with van der Waals surface area (Å²) in [6.07, 6.45) is 0.477. The van der Waals surface area contributed by atoms with Crippen LogP contribution in [0.3, 0.4) is 0 Å². The maximum absolute atomic E-state index is 12.9. The van der Waals surface area contributed by atoms with Crippen molar-refractivity contribution in [2.24, 2.45) is 5.92 Å². The third kappa shape index (κ3) is 4.66. The lowest BCUT2D eigenvalue weighted by Crippen LogP contribution is -2.28. The summed E-state index contributed by atoms with van der Waals surface area (Å²) in [5, 5.41) is 12.9. The van der Waals surface area contributed by atoms with Gasteiger partial charge >= 0.3 is 0 Å². The average Bonchev–Trinajstić information content (AvgIpc) is 3.55. The Bertz CT molecular complexity index is 1310. The van der Waals surface area contributed by atoms with E-state index in [0.717, 1.165) is 22.5 Å². The van der Waals surface area contributed by atoms with E-state index < -0.39 is 5.92 Å². The molecule has 0 radical (unpaired) electrons. The highest BCUT2D eigenvalue weighted by Crippen LogP contribution is 2.35. The number of carbonyl (C=O) groups is 3. The zero-order chi connectivity index (χ0) is 24.7. The van der Waals surface area contributed by atoms with E-state index in [9.17, 15) is 14.4 Å². The molecule has 3 aromatic rings. The summed E-state index contributed by atoms with van der Waals surface area (Å²) in [5.41, 5.74) is 3.78. The molecule has 2 atom stereocenters. The van der Waals surface area contributed by atoms with Gasteiger partial charge in [-0.15, -0.1) is 10.2 Å². The largest absolute Gasteiger partial charge is 0.312 e. The van der Waals surface area contributed by atoms with Crippen LogP contribution in [0.15, 0.2) is 42.5 Å². The van der Waals surface area contributed by atoms with Crippen molar-refractivity contribution in [2.45, 2.75) is 32.6 Å². The molecule has 10 heteroatoms. The molecular formula is C25H24ClN5O3S. The molecule has 1 N–H and O–H groups in total. The summed E-state index contributed by atoms with van der Waals surface area (Å²) in [5.74, 6) is -0.880. The molecule has 180 valence electrons. The molecule has 2 aromatic carbocycles. The van der Waals surface area contributed by atoms with Gasteiger partial charge in [0.05, 0.1) is 5.92 Å². The number of aromatic nitrogens is 2. The highest BCUT2D eigenvalue weighted by atomic mass is 35.5. The van der Waals surface area contributed by atoms with Crippen LogP contribution in [-0.4, -0.2) is 41.0 Å². The third-order valence-electron chi connectivity index (χ3n) is 6.65. The SMILES string of the molecule is Cc1cccc(N2CC(C(=O)Nc3nnc(C4CC(=O)N(c5ccc(Cl)cc5)C4)s3)CC2=O)c1C. The second kappa shape index (κ2) is 9.39. The van der Waals surface area contributed by atoms with E-state index in [2.05, 4.69) is 15.5 Å². The number of aryl methyl sites for hydroxylation is 1. The fourth-order valence-corrected chi connectivity index (χ4v) is 5.51. The fourth-order valence-electron chi connectivity index (χ4n) is 4.55. The number of hydrogen-bond donors (Lipinski definition) is 1. The fraction of sp³-hybridized carbons (Fsp3) is 0.320. The summed E-state index contributed by atoms with van der Waals surface area (Å²) < 4.78 is 0. The van der Waals surface area contributed by atoms with Gasteiger partial charge in [-0.05, 0) is 55.3 Å². The van der Waals surface area contributed by atoms with Crippen LogP contribution < -0.4 is 15.1 Å². The molecule has 2 fully saturated rings. The first-order valence-corrected chi connectivity index (χ1v) is 12.6. The minimum absolute atomic E-state index is 0.00843. The van der Waals surface area contributed by atoms with E-state index in [1.54, 1.807) is 21.9 Å². The highest BCUT2D eigenvalue weighted by molar-refractivity contribution is 7.15. The van der Waals surface area contributed by atoms with Crippen molar-refractivity contribution in [1.29, 1.82) is 0 Å². The molecule has 2 aliphatic rings. The number of rotatable bonds is 5. The minimum atomic E-state index is -0.469. The average molecular weight is 510 g/mol. The molecule has 8 nitrogen and oxygen atoms in total. The van der Waals surface area contributed by atoms with Crippen LogP contribution in [0.25, 0.3) is 0 Å². The van der Waals surface area contributed by atoms with Crippen molar-refractivity contribution < 1.29 is 14.4 Å². The molecule has 3 amide bonds. The predicted octanol–water partition coefficient (Wildman–Crippen LogP) is 4.32. The van der Waals surface area contributed by atoms with E-state index in [0.29, 0.717) is 34.7 Å². The molecule has 2 saturated heterocycles. The van der Waals surface area contributed by atoms with Crippen molar-refractivity contribution in [3.05, 3.63) is 63.6 Å². The quantitative estimate of drug-likeness (QED) is 0.552. The van der Waals surface area contributed by atoms with E-state index in [4.69, 9.17) is 11.6 Å². The molecular weight excluding hydrogens is 486 g/mol. The van der Waals surface area contributed by atoms with E-state index >= 15 is 0 Å². The van der Waals surface area contributed by atoms with Gasteiger partial charge in [-0.1, -0.05) is 35.1 Å². The lowest BCUT2D eigenvalue weighted by molar-refractivity contribution is -0.122. The van der Waals surface area contributed by atoms with E-state index in [-0.39, 0.29) is 30.1 Å². The number of anilines is 3. The smallest absolute Gasteiger partial charge is 0.231 e. The standard InChI is InChI=1S/C25H24ClN5O3S/c1-14-4-3-5-20(15(14)2)31-12-16(10-22(31)33)23(34)27-25-29-28-24(35-25)17-11-21(32)30(13-17)19-8-6-18(26)7-9-19/h3-9,16-17H,10-13H2,1-2H3,(H,27,29,34). The molecule has 1 aromatic heterocycles. The highest BCUT2D eigenvalue weighted by Gasteiger charge is 2.37. The Hall–Kier alpha value is -3.30. The first kappa shape index (κ1) is 23.4. The van der Waals surface area contributed by atoms with Crippen molar-refractivity contribution in [2.75, 3.05) is 28.2 Å². The number of carbonyl (C=O) groups excluding carboxylic acids is 3. The molecule has 0 spiro atoms. The minimum Gasteiger partial charge on any atom is -0.312 e. The first-order chi connectivity index (χ1) is 16.8. The molecule has 2 unspecified atom stereocenters. The first-order valence-electron chi connectivity index (χ1n) is 11.4. The summed E-state index contributed by atoms with van der Waals surface area (Å²) in [4.78, 5) is 41.5. The second-order valence-corrected chi connectivity index (χ2v) is 10.4. The number of nitrogens with zero attached hydrogens (tertiary/aromatic N) is 4. The van der Waals surface area contributed by atoms with Crippen LogP contribution >= 0.6 is 22.9 Å². The van der Waals surface area contributed by atoms with Crippen molar-refractivity contribution in [3.8, 4) is 0 Å². The van der Waals surface area contributed by atoms with Crippen LogP contribution in [0.1, 0.15) is 34.9 Å². The van der Waals surface area contributed by atoms with Gasteiger partial charge in [0, 0.05) is 48.2 Å². The van der Waals surface area contributed by atoms with Gasteiger partial charge in [-0.3, -0.25) is 14.4 Å². The third-order valence-corrected chi connectivity index (χ3v) is 7.90. The monoisotopic (exact) mass is 509 g/mol. The number of nitrogens with one attached hydrogen (secondary N) is 1. The lowest BCUT2D eigenvalue weighted by atomic mass is 10.1. The van der Waals surface area contributed by atoms with E-state index in [1.165, 1.54) is 11.3 Å². The topological polar surface area (TPSA) is 95.5 Å². The lowest BCUT2D eigenvalue weighted by Gasteiger charge is -2.20. The van der Waals surface area contributed by atoms with Gasteiger partial charge < -0.3 is 15.1 Å². The van der Waals surface area contributed by atoms with Crippen molar-refractivity contribution >= 4 is 57.2 Å². The van der Waals surface area contributed by atoms with Gasteiger partial charge in [-0.25, -0.2) is 0 Å². The van der Waals surface area contributed by atoms with Gasteiger partial charge in [0.2, 0.25) is 22.9 Å². The van der Waals surface area contributed by atoms with Crippen LogP contribution in [0.2, 0.25) is 5.02 Å². The molecule has 35 heavy (non-hydrogen) atoms. The summed E-state index contributed by atoms with van der Waals surface area (Å²) in [6.45, 7) is 4.80. The number of halogens is 1. The Morgan fingerprint density at radius 2 is 1.74 bits per heavy atom. The van der Waals surface area contributed by atoms with Crippen LogP contribution in [0.4, 0.5) is 16.5 Å². The summed E-state index contributed by atoms with van der Waals surface area (Å²) >= 11 is 7.22. The van der Waals surface area contributed by atoms with Gasteiger partial charge in [0.25, 0.3) is 0 Å². The zero-order valence-corrected chi connectivity index (χ0v) is 20.9. The van der Waals surface area contributed by atoms with E-state index in [1.807, 2.05) is 44.2 Å². The van der Waals surface area contributed by atoms with Crippen molar-refractivity contribution in [3.63, 3.8) is 0 Å². The maximum Gasteiger partial charge on any atom is 0.231 e. The molecule has 3 heterocycles. The van der Waals surface area contributed by atoms with Crippen LogP contribution in [0, 0.1) is 19.8 Å². The van der Waals surface area contributed by atoms with Crippen molar-refractivity contribution in [1.82, 2.24) is 10.2 Å². The molecule has 0 aliphatic carbocycles. The molecule has 0 saturated carbocycles. The normalized spacial score (nSPS) is 20.1. The van der Waals surface area contributed by atoms with Gasteiger partial charge in [-0.2, -0.15) is 0 Å². The summed E-state index contributed by atoms with van der Waals surface area (Å²) in [6, 6.07) is 13.0. The Kier molecular flexibility index (Phi) is 6.29. The zero-order valence-electron chi connectivity index (χ0n) is 19.3. The number of benzene rings is 2.